The Morgan fingerprint density at radius 2 is 1.68 bits per heavy atom. The molecule has 0 saturated carbocycles. The molecule has 9 nitrogen and oxygen atoms in total. The van der Waals surface area contributed by atoms with E-state index in [1.54, 1.807) is 0 Å². The SMILES string of the molecule is CC(=O)NCCCCCC(=O)OCC(=O)N1CCN(S(C)(=O)=O)CC1. The van der Waals surface area contributed by atoms with Crippen molar-refractivity contribution in [3.8, 4) is 0 Å². The fraction of sp³-hybridized carbons (Fsp3) is 0.800. The Kier molecular flexibility index (Phi) is 8.84. The number of nitrogens with zero attached hydrogens (tertiary/aromatic N) is 2. The van der Waals surface area contributed by atoms with Crippen LogP contribution >= 0.6 is 0 Å². The van der Waals surface area contributed by atoms with Crippen LogP contribution in [0, 0.1) is 0 Å². The summed E-state index contributed by atoms with van der Waals surface area (Å²) in [5.74, 6) is -0.815. The Morgan fingerprint density at radius 3 is 2.24 bits per heavy atom. The highest BCUT2D eigenvalue weighted by Crippen LogP contribution is 2.07. The number of hydrogen-bond donors (Lipinski definition) is 1. The molecule has 0 bridgehead atoms. The minimum Gasteiger partial charge on any atom is -0.456 e. The third-order valence-electron chi connectivity index (χ3n) is 3.85. The highest BCUT2D eigenvalue weighted by Gasteiger charge is 2.26. The van der Waals surface area contributed by atoms with E-state index in [1.165, 1.54) is 16.1 Å². The minimum absolute atomic E-state index is 0.0738. The number of sulfonamides is 1. The van der Waals surface area contributed by atoms with Crippen molar-refractivity contribution in [2.24, 2.45) is 0 Å². The van der Waals surface area contributed by atoms with Crippen molar-refractivity contribution in [1.29, 1.82) is 0 Å². The van der Waals surface area contributed by atoms with Crippen molar-refractivity contribution in [2.75, 3.05) is 45.6 Å². The lowest BCUT2D eigenvalue weighted by Crippen LogP contribution is -2.51. The lowest BCUT2D eigenvalue weighted by Gasteiger charge is -2.33. The lowest BCUT2D eigenvalue weighted by molar-refractivity contribution is -0.152. The summed E-state index contributed by atoms with van der Waals surface area (Å²) in [4.78, 5) is 35.8. The summed E-state index contributed by atoms with van der Waals surface area (Å²) in [5, 5.41) is 2.68. The van der Waals surface area contributed by atoms with Gasteiger partial charge in [0.15, 0.2) is 6.61 Å². The predicted octanol–water partition coefficient (Wildman–Crippen LogP) is -0.670. The van der Waals surface area contributed by atoms with Gasteiger partial charge in [0.25, 0.3) is 5.91 Å². The second kappa shape index (κ2) is 10.3. The number of rotatable bonds is 9. The average Bonchev–Trinajstić information content (AvgIpc) is 2.54. The van der Waals surface area contributed by atoms with E-state index in [-0.39, 0.29) is 37.9 Å². The van der Waals surface area contributed by atoms with E-state index < -0.39 is 16.0 Å². The molecule has 25 heavy (non-hydrogen) atoms. The van der Waals surface area contributed by atoms with E-state index >= 15 is 0 Å². The summed E-state index contributed by atoms with van der Waals surface area (Å²) in [6, 6.07) is 0. The van der Waals surface area contributed by atoms with Crippen molar-refractivity contribution >= 4 is 27.8 Å². The molecule has 144 valence electrons. The molecule has 0 aliphatic carbocycles. The van der Waals surface area contributed by atoms with E-state index in [0.717, 1.165) is 19.1 Å². The average molecular weight is 377 g/mol. The second-order valence-electron chi connectivity index (χ2n) is 6.00. The smallest absolute Gasteiger partial charge is 0.306 e. The van der Waals surface area contributed by atoms with Gasteiger partial charge in [-0.05, 0) is 12.8 Å². The number of amides is 2. The highest BCUT2D eigenvalue weighted by molar-refractivity contribution is 7.88. The molecule has 1 rings (SSSR count). The quantitative estimate of drug-likeness (QED) is 0.421. The zero-order chi connectivity index (χ0) is 18.9. The Labute approximate surface area is 148 Å². The van der Waals surface area contributed by atoms with Crippen molar-refractivity contribution < 1.29 is 27.5 Å². The first kappa shape index (κ1) is 21.4. The first-order valence-corrected chi connectivity index (χ1v) is 10.2. The summed E-state index contributed by atoms with van der Waals surface area (Å²) >= 11 is 0. The topological polar surface area (TPSA) is 113 Å². The fourth-order valence-electron chi connectivity index (χ4n) is 2.41. The van der Waals surface area contributed by atoms with Crippen LogP contribution in [-0.4, -0.2) is 81.0 Å². The third-order valence-corrected chi connectivity index (χ3v) is 5.15. The van der Waals surface area contributed by atoms with Crippen molar-refractivity contribution in [3.05, 3.63) is 0 Å². The molecule has 1 heterocycles. The summed E-state index contributed by atoms with van der Waals surface area (Å²) < 4.78 is 29.1. The number of esters is 1. The van der Waals surface area contributed by atoms with Gasteiger partial charge in [-0.1, -0.05) is 6.42 Å². The van der Waals surface area contributed by atoms with Gasteiger partial charge in [0, 0.05) is 46.1 Å². The van der Waals surface area contributed by atoms with Crippen LogP contribution in [0.5, 0.6) is 0 Å². The first-order chi connectivity index (χ1) is 11.7. The summed E-state index contributed by atoms with van der Waals surface area (Å²) in [5.41, 5.74) is 0. The molecule has 0 radical (unpaired) electrons. The van der Waals surface area contributed by atoms with Gasteiger partial charge >= 0.3 is 5.97 Å². The van der Waals surface area contributed by atoms with Crippen molar-refractivity contribution in [3.63, 3.8) is 0 Å². The zero-order valence-corrected chi connectivity index (χ0v) is 15.6. The van der Waals surface area contributed by atoms with E-state index in [2.05, 4.69) is 5.32 Å². The largest absolute Gasteiger partial charge is 0.456 e. The van der Waals surface area contributed by atoms with E-state index in [1.807, 2.05) is 0 Å². The molecule has 0 aromatic rings. The molecular formula is C15H27N3O6S. The van der Waals surface area contributed by atoms with Crippen molar-refractivity contribution in [2.45, 2.75) is 32.6 Å². The van der Waals surface area contributed by atoms with Crippen LogP contribution in [0.15, 0.2) is 0 Å². The van der Waals surface area contributed by atoms with Crippen molar-refractivity contribution in [1.82, 2.24) is 14.5 Å². The highest BCUT2D eigenvalue weighted by atomic mass is 32.2. The Balaban J connectivity index is 2.13. The van der Waals surface area contributed by atoms with Gasteiger partial charge in [-0.2, -0.15) is 4.31 Å². The number of hydrogen-bond acceptors (Lipinski definition) is 6. The molecule has 0 spiro atoms. The van der Waals surface area contributed by atoms with Crippen LogP contribution in [0.4, 0.5) is 0 Å². The van der Waals surface area contributed by atoms with Crippen LogP contribution in [0.1, 0.15) is 32.6 Å². The third kappa shape index (κ3) is 8.82. The molecule has 1 aliphatic heterocycles. The molecule has 0 aromatic carbocycles. The molecule has 2 amide bonds. The zero-order valence-electron chi connectivity index (χ0n) is 14.8. The van der Waals surface area contributed by atoms with Gasteiger partial charge in [-0.3, -0.25) is 14.4 Å². The summed E-state index contributed by atoms with van der Waals surface area (Å²) in [7, 11) is -3.24. The molecule has 1 aliphatic rings. The second-order valence-corrected chi connectivity index (χ2v) is 7.98. The van der Waals surface area contributed by atoms with Crippen LogP contribution in [0.3, 0.4) is 0 Å². The van der Waals surface area contributed by atoms with E-state index in [4.69, 9.17) is 4.74 Å². The van der Waals surface area contributed by atoms with Gasteiger partial charge in [0.2, 0.25) is 15.9 Å². The normalized spacial score (nSPS) is 15.7. The Bertz CT molecular complexity index is 570. The van der Waals surface area contributed by atoms with Gasteiger partial charge in [0.05, 0.1) is 6.26 Å². The molecule has 0 unspecified atom stereocenters. The van der Waals surface area contributed by atoms with Gasteiger partial charge in [0.1, 0.15) is 0 Å². The predicted molar refractivity (Wildman–Crippen MR) is 91.1 cm³/mol. The monoisotopic (exact) mass is 377 g/mol. The fourth-order valence-corrected chi connectivity index (χ4v) is 3.24. The first-order valence-electron chi connectivity index (χ1n) is 8.33. The Morgan fingerprint density at radius 1 is 1.04 bits per heavy atom. The van der Waals surface area contributed by atoms with Gasteiger partial charge < -0.3 is 15.0 Å². The number of carbonyl (C=O) groups excluding carboxylic acids is 3. The number of piperazine rings is 1. The van der Waals surface area contributed by atoms with Crippen LogP contribution < -0.4 is 5.32 Å². The van der Waals surface area contributed by atoms with Crippen LogP contribution in [0.2, 0.25) is 0 Å². The standard InChI is InChI=1S/C15H27N3O6S/c1-13(19)16-7-5-3-4-6-15(21)24-12-14(20)17-8-10-18(11-9-17)25(2,22)23/h3-12H2,1-2H3,(H,16,19). The van der Waals surface area contributed by atoms with E-state index in [0.29, 0.717) is 26.1 Å². The molecule has 0 aromatic heterocycles. The maximum Gasteiger partial charge on any atom is 0.306 e. The maximum absolute atomic E-state index is 12.0. The molecule has 1 N–H and O–H groups in total. The lowest BCUT2D eigenvalue weighted by atomic mass is 10.2. The summed E-state index contributed by atoms with van der Waals surface area (Å²) in [6.07, 6.45) is 3.59. The minimum atomic E-state index is -3.24. The molecule has 0 atom stereocenters. The molecule has 1 fully saturated rings. The van der Waals surface area contributed by atoms with Crippen LogP contribution in [-0.2, 0) is 29.1 Å². The summed E-state index contributed by atoms with van der Waals surface area (Å²) in [6.45, 7) is 2.83. The number of unbranched alkanes of at least 4 members (excludes halogenated alkanes) is 2. The number of nitrogens with one attached hydrogen (secondary N) is 1. The van der Waals surface area contributed by atoms with Crippen LogP contribution in [0.25, 0.3) is 0 Å². The molecule has 1 saturated heterocycles. The number of ether oxygens (including phenoxy) is 1. The Hall–Kier alpha value is -1.68. The van der Waals surface area contributed by atoms with Gasteiger partial charge in [-0.25, -0.2) is 8.42 Å². The molecule has 10 heteroatoms. The molecular weight excluding hydrogens is 350 g/mol. The number of carbonyl (C=O) groups is 3. The van der Waals surface area contributed by atoms with Gasteiger partial charge in [-0.15, -0.1) is 0 Å². The van der Waals surface area contributed by atoms with E-state index in [9.17, 15) is 22.8 Å². The maximum atomic E-state index is 12.0.